The molecular weight excluding hydrogens is 461 g/mol. The van der Waals surface area contributed by atoms with Crippen LogP contribution in [0, 0.1) is 6.92 Å². The zero-order valence-corrected chi connectivity index (χ0v) is 20.1. The molecule has 2 aromatic carbocycles. The molecule has 3 amide bonds. The molecule has 4 rings (SSSR count). The number of benzene rings is 2. The Morgan fingerprint density at radius 2 is 1.52 bits per heavy atom. The minimum Gasteiger partial charge on any atom is -0.339 e. The number of likely N-dealkylation sites (tertiary alicyclic amines) is 1. The number of nitrogens with zero attached hydrogens (tertiary/aromatic N) is 3. The van der Waals surface area contributed by atoms with E-state index in [4.69, 9.17) is 23.2 Å². The molecule has 2 aliphatic heterocycles. The lowest BCUT2D eigenvalue weighted by Crippen LogP contribution is -2.48. The summed E-state index contributed by atoms with van der Waals surface area (Å²) in [6.45, 7) is 4.61. The minimum atomic E-state index is -0.494. The second-order valence-corrected chi connectivity index (χ2v) is 9.44. The maximum absolute atomic E-state index is 13.4. The van der Waals surface area contributed by atoms with E-state index in [1.807, 2.05) is 36.1 Å². The van der Waals surface area contributed by atoms with Gasteiger partial charge >= 0.3 is 0 Å². The maximum atomic E-state index is 13.4. The topological polar surface area (TPSA) is 60.9 Å². The van der Waals surface area contributed by atoms with Crippen molar-refractivity contribution < 1.29 is 14.4 Å². The molecule has 0 aliphatic carbocycles. The summed E-state index contributed by atoms with van der Waals surface area (Å²) in [5, 5.41) is 0.701. The fourth-order valence-corrected chi connectivity index (χ4v) is 4.87. The van der Waals surface area contributed by atoms with Crippen LogP contribution in [-0.2, 0) is 4.79 Å². The largest absolute Gasteiger partial charge is 0.339 e. The summed E-state index contributed by atoms with van der Waals surface area (Å²) in [4.78, 5) is 44.7. The van der Waals surface area contributed by atoms with Crippen LogP contribution < -0.4 is 0 Å². The van der Waals surface area contributed by atoms with Gasteiger partial charge in [0.15, 0.2) is 0 Å². The van der Waals surface area contributed by atoms with Gasteiger partial charge in [-0.3, -0.25) is 14.4 Å². The van der Waals surface area contributed by atoms with Crippen LogP contribution in [0.2, 0.25) is 10.0 Å². The number of halogens is 2. The highest BCUT2D eigenvalue weighted by molar-refractivity contribution is 6.42. The molecule has 2 heterocycles. The van der Waals surface area contributed by atoms with Crippen LogP contribution in [0.25, 0.3) is 0 Å². The van der Waals surface area contributed by atoms with Gasteiger partial charge in [-0.25, -0.2) is 0 Å². The molecular formula is C25H27Cl2N3O3. The van der Waals surface area contributed by atoms with E-state index in [9.17, 15) is 14.4 Å². The van der Waals surface area contributed by atoms with Crippen molar-refractivity contribution in [1.29, 1.82) is 0 Å². The summed E-state index contributed by atoms with van der Waals surface area (Å²) < 4.78 is 0. The smallest absolute Gasteiger partial charge is 0.254 e. The normalized spacial score (nSPS) is 18.9. The summed E-state index contributed by atoms with van der Waals surface area (Å²) in [5.41, 5.74) is 2.14. The first kappa shape index (κ1) is 23.6. The van der Waals surface area contributed by atoms with Gasteiger partial charge in [-0.2, -0.15) is 0 Å². The third kappa shape index (κ3) is 5.17. The van der Waals surface area contributed by atoms with Gasteiger partial charge in [0.2, 0.25) is 5.91 Å². The highest BCUT2D eigenvalue weighted by Gasteiger charge is 2.37. The van der Waals surface area contributed by atoms with E-state index in [0.717, 1.165) is 12.0 Å². The van der Waals surface area contributed by atoms with Gasteiger partial charge in [-0.05, 0) is 56.5 Å². The van der Waals surface area contributed by atoms with Crippen molar-refractivity contribution in [2.45, 2.75) is 32.2 Å². The van der Waals surface area contributed by atoms with Crippen molar-refractivity contribution in [2.75, 3.05) is 32.7 Å². The lowest BCUT2D eigenvalue weighted by atomic mass is 10.1. The van der Waals surface area contributed by atoms with E-state index < -0.39 is 6.04 Å². The minimum absolute atomic E-state index is 0.00899. The molecule has 2 aromatic rings. The number of carbonyl (C=O) groups is 3. The Kier molecular flexibility index (Phi) is 7.25. The molecule has 0 N–H and O–H groups in total. The SMILES string of the molecule is Cc1cccc(C(=O)N2CCCN(C(=O)C3CCCN3C(=O)c3ccc(Cl)c(Cl)c3)CC2)c1. The van der Waals surface area contributed by atoms with Crippen molar-refractivity contribution >= 4 is 40.9 Å². The first-order valence-electron chi connectivity index (χ1n) is 11.3. The highest BCUT2D eigenvalue weighted by Crippen LogP contribution is 2.27. The number of hydrogen-bond acceptors (Lipinski definition) is 3. The van der Waals surface area contributed by atoms with Gasteiger partial charge < -0.3 is 14.7 Å². The van der Waals surface area contributed by atoms with Gasteiger partial charge in [0, 0.05) is 43.9 Å². The molecule has 0 radical (unpaired) electrons. The summed E-state index contributed by atoms with van der Waals surface area (Å²) in [6, 6.07) is 11.9. The number of rotatable bonds is 3. The average Bonchev–Trinajstić information content (AvgIpc) is 3.17. The van der Waals surface area contributed by atoms with Crippen LogP contribution in [-0.4, -0.2) is 71.2 Å². The molecule has 174 valence electrons. The van der Waals surface area contributed by atoms with Gasteiger partial charge in [0.1, 0.15) is 6.04 Å². The van der Waals surface area contributed by atoms with Crippen LogP contribution >= 0.6 is 23.2 Å². The summed E-state index contributed by atoms with van der Waals surface area (Å²) in [5.74, 6) is -0.272. The van der Waals surface area contributed by atoms with Gasteiger partial charge in [0.05, 0.1) is 10.0 Å². The Bertz CT molecular complexity index is 1070. The van der Waals surface area contributed by atoms with Crippen molar-refractivity contribution in [3.63, 3.8) is 0 Å². The molecule has 0 aromatic heterocycles. The van der Waals surface area contributed by atoms with E-state index >= 15 is 0 Å². The lowest BCUT2D eigenvalue weighted by molar-refractivity contribution is -0.135. The van der Waals surface area contributed by atoms with Crippen molar-refractivity contribution in [3.8, 4) is 0 Å². The predicted molar refractivity (Wildman–Crippen MR) is 129 cm³/mol. The second-order valence-electron chi connectivity index (χ2n) is 8.63. The maximum Gasteiger partial charge on any atom is 0.254 e. The Labute approximate surface area is 204 Å². The average molecular weight is 488 g/mol. The Balaban J connectivity index is 1.42. The molecule has 2 fully saturated rings. The lowest BCUT2D eigenvalue weighted by Gasteiger charge is -2.30. The van der Waals surface area contributed by atoms with Crippen LogP contribution in [0.3, 0.4) is 0 Å². The van der Waals surface area contributed by atoms with E-state index in [2.05, 4.69) is 0 Å². The molecule has 1 unspecified atom stereocenters. The van der Waals surface area contributed by atoms with Crippen molar-refractivity contribution in [2.24, 2.45) is 0 Å². The fourth-order valence-electron chi connectivity index (χ4n) is 4.57. The summed E-state index contributed by atoms with van der Waals surface area (Å²) in [7, 11) is 0. The van der Waals surface area contributed by atoms with Crippen molar-refractivity contribution in [3.05, 3.63) is 69.2 Å². The molecule has 0 bridgehead atoms. The van der Waals surface area contributed by atoms with E-state index in [0.29, 0.717) is 66.7 Å². The zero-order valence-electron chi connectivity index (χ0n) is 18.6. The highest BCUT2D eigenvalue weighted by atomic mass is 35.5. The monoisotopic (exact) mass is 487 g/mol. The molecule has 1 atom stereocenters. The molecule has 0 spiro atoms. The third-order valence-electron chi connectivity index (χ3n) is 6.33. The fraction of sp³-hybridized carbons (Fsp3) is 0.400. The van der Waals surface area contributed by atoms with Crippen LogP contribution in [0.1, 0.15) is 45.5 Å². The first-order chi connectivity index (χ1) is 15.8. The number of amides is 3. The number of hydrogen-bond donors (Lipinski definition) is 0. The number of carbonyl (C=O) groups excluding carboxylic acids is 3. The Morgan fingerprint density at radius 3 is 2.27 bits per heavy atom. The molecule has 0 saturated carbocycles. The quantitative estimate of drug-likeness (QED) is 0.648. The van der Waals surface area contributed by atoms with Gasteiger partial charge in [0.25, 0.3) is 11.8 Å². The standard InChI is InChI=1S/C25H27Cl2N3O3/c1-17-5-2-6-18(15-17)23(31)28-10-4-11-29(14-13-28)25(33)22-7-3-12-30(22)24(32)19-8-9-20(26)21(27)16-19/h2,5-6,8-9,15-16,22H,3-4,7,10-14H2,1H3. The molecule has 33 heavy (non-hydrogen) atoms. The molecule has 6 nitrogen and oxygen atoms in total. The zero-order chi connectivity index (χ0) is 23.5. The molecule has 8 heteroatoms. The van der Waals surface area contributed by atoms with Crippen LogP contribution in [0.5, 0.6) is 0 Å². The predicted octanol–water partition coefficient (Wildman–Crippen LogP) is 4.28. The molecule has 2 aliphatic rings. The number of aryl methyl sites for hydroxylation is 1. The van der Waals surface area contributed by atoms with Crippen LogP contribution in [0.4, 0.5) is 0 Å². The summed E-state index contributed by atoms with van der Waals surface area (Å²) >= 11 is 12.1. The van der Waals surface area contributed by atoms with Gasteiger partial charge in [-0.15, -0.1) is 0 Å². The van der Waals surface area contributed by atoms with E-state index in [1.165, 1.54) is 0 Å². The van der Waals surface area contributed by atoms with E-state index in [1.54, 1.807) is 28.0 Å². The Hall–Kier alpha value is -2.57. The summed E-state index contributed by atoms with van der Waals surface area (Å²) in [6.07, 6.45) is 2.11. The van der Waals surface area contributed by atoms with E-state index in [-0.39, 0.29) is 17.7 Å². The Morgan fingerprint density at radius 1 is 0.788 bits per heavy atom. The van der Waals surface area contributed by atoms with Gasteiger partial charge in [-0.1, -0.05) is 40.9 Å². The van der Waals surface area contributed by atoms with Crippen LogP contribution in [0.15, 0.2) is 42.5 Å². The first-order valence-corrected chi connectivity index (χ1v) is 12.0. The third-order valence-corrected chi connectivity index (χ3v) is 7.06. The van der Waals surface area contributed by atoms with Crippen molar-refractivity contribution in [1.82, 2.24) is 14.7 Å². The second kappa shape index (κ2) is 10.1. The molecule has 2 saturated heterocycles.